The molecule has 0 spiro atoms. The van der Waals surface area contributed by atoms with Crippen molar-refractivity contribution in [2.45, 2.75) is 38.7 Å². The molecule has 1 fully saturated rings. The van der Waals surface area contributed by atoms with Gasteiger partial charge in [-0.3, -0.25) is 0 Å². The summed E-state index contributed by atoms with van der Waals surface area (Å²) in [5, 5.41) is 13.1. The van der Waals surface area contributed by atoms with Gasteiger partial charge in [0.2, 0.25) is 11.9 Å². The minimum atomic E-state index is -0.586. The van der Waals surface area contributed by atoms with Crippen molar-refractivity contribution < 1.29 is 9.84 Å². The molecule has 7 nitrogen and oxygen atoms in total. The van der Waals surface area contributed by atoms with E-state index in [1.54, 1.807) is 7.11 Å². The van der Waals surface area contributed by atoms with Crippen molar-refractivity contribution in [3.8, 4) is 6.01 Å². The van der Waals surface area contributed by atoms with Gasteiger partial charge in [-0.2, -0.15) is 15.0 Å². The topological polar surface area (TPSA) is 83.4 Å². The monoisotopic (exact) mass is 281 g/mol. The number of anilines is 2. The second-order valence-electron chi connectivity index (χ2n) is 5.36. The summed E-state index contributed by atoms with van der Waals surface area (Å²) in [6, 6.07) is 0.311. The third-order valence-electron chi connectivity index (χ3n) is 3.44. The van der Waals surface area contributed by atoms with E-state index in [2.05, 4.69) is 32.1 Å². The van der Waals surface area contributed by atoms with Gasteiger partial charge in [0.25, 0.3) is 0 Å². The molecular formula is C13H23N5O2. The summed E-state index contributed by atoms with van der Waals surface area (Å²) >= 11 is 0. The van der Waals surface area contributed by atoms with Crippen LogP contribution in [0.25, 0.3) is 0 Å². The molecule has 2 N–H and O–H groups in total. The number of aromatic nitrogens is 3. The number of piperidine rings is 1. The zero-order valence-corrected chi connectivity index (χ0v) is 12.4. The van der Waals surface area contributed by atoms with Crippen molar-refractivity contribution in [1.82, 2.24) is 15.0 Å². The minimum absolute atomic E-state index is 0.311. The quantitative estimate of drug-likeness (QED) is 0.834. The average molecular weight is 281 g/mol. The molecular weight excluding hydrogens is 258 g/mol. The molecule has 112 valence electrons. The molecule has 0 atom stereocenters. The van der Waals surface area contributed by atoms with Crippen LogP contribution in [0.5, 0.6) is 6.01 Å². The van der Waals surface area contributed by atoms with Crippen molar-refractivity contribution in [1.29, 1.82) is 0 Å². The number of hydrogen-bond donors (Lipinski definition) is 2. The Labute approximate surface area is 119 Å². The Hall–Kier alpha value is -1.63. The predicted molar refractivity (Wildman–Crippen MR) is 77.2 cm³/mol. The van der Waals surface area contributed by atoms with E-state index in [-0.39, 0.29) is 0 Å². The molecule has 0 aromatic carbocycles. The molecule has 20 heavy (non-hydrogen) atoms. The zero-order valence-electron chi connectivity index (χ0n) is 12.4. The highest BCUT2D eigenvalue weighted by Gasteiger charge is 2.28. The van der Waals surface area contributed by atoms with Crippen LogP contribution in [0.4, 0.5) is 11.9 Å². The highest BCUT2D eigenvalue weighted by molar-refractivity contribution is 5.39. The van der Waals surface area contributed by atoms with Crippen molar-refractivity contribution in [3.63, 3.8) is 0 Å². The number of methoxy groups -OCH3 is 1. The highest BCUT2D eigenvalue weighted by Crippen LogP contribution is 2.25. The van der Waals surface area contributed by atoms with Gasteiger partial charge in [-0.05, 0) is 26.2 Å². The van der Waals surface area contributed by atoms with Crippen LogP contribution in [0.3, 0.4) is 0 Å². The Kier molecular flexibility index (Phi) is 4.59. The number of ether oxygens (including phenoxy) is 1. The van der Waals surface area contributed by atoms with E-state index in [4.69, 9.17) is 4.74 Å². The maximum atomic E-state index is 9.99. The molecule has 2 heterocycles. The van der Waals surface area contributed by atoms with Crippen molar-refractivity contribution in [2.24, 2.45) is 0 Å². The molecule has 0 saturated carbocycles. The predicted octanol–water partition coefficient (Wildman–Crippen LogP) is 1.05. The van der Waals surface area contributed by atoms with Gasteiger partial charge >= 0.3 is 6.01 Å². The molecule has 1 aliphatic heterocycles. The zero-order chi connectivity index (χ0) is 14.6. The van der Waals surface area contributed by atoms with E-state index < -0.39 is 5.60 Å². The van der Waals surface area contributed by atoms with Crippen molar-refractivity contribution >= 4 is 11.9 Å². The fourth-order valence-corrected chi connectivity index (χ4v) is 2.08. The number of nitrogens with zero attached hydrogens (tertiary/aromatic N) is 4. The van der Waals surface area contributed by atoms with Crippen molar-refractivity contribution in [2.75, 3.05) is 37.0 Å². The van der Waals surface area contributed by atoms with Crippen LogP contribution in [-0.2, 0) is 0 Å². The van der Waals surface area contributed by atoms with E-state index in [9.17, 15) is 5.11 Å². The summed E-state index contributed by atoms with van der Waals surface area (Å²) < 4.78 is 5.13. The molecule has 2 rings (SSSR count). The summed E-state index contributed by atoms with van der Waals surface area (Å²) in [4.78, 5) is 14.9. The number of aliphatic hydroxyl groups is 1. The van der Waals surface area contributed by atoms with E-state index in [0.29, 0.717) is 30.7 Å². The molecule has 0 radical (unpaired) electrons. The maximum Gasteiger partial charge on any atom is 0.322 e. The van der Waals surface area contributed by atoms with Crippen LogP contribution in [0.1, 0.15) is 33.1 Å². The van der Waals surface area contributed by atoms with Gasteiger partial charge in [-0.15, -0.1) is 0 Å². The summed E-state index contributed by atoms with van der Waals surface area (Å²) in [6.45, 7) is 6.22. The highest BCUT2D eigenvalue weighted by atomic mass is 16.5. The Morgan fingerprint density at radius 3 is 2.60 bits per heavy atom. The molecule has 0 aliphatic carbocycles. The summed E-state index contributed by atoms with van der Waals surface area (Å²) in [7, 11) is 1.55. The first-order valence-electron chi connectivity index (χ1n) is 7.05. The molecule has 1 aliphatic rings. The molecule has 0 amide bonds. The Morgan fingerprint density at radius 2 is 2.00 bits per heavy atom. The Bertz CT molecular complexity index is 442. The third kappa shape index (κ3) is 3.69. The van der Waals surface area contributed by atoms with Gasteiger partial charge in [0.05, 0.1) is 12.7 Å². The maximum absolute atomic E-state index is 9.99. The summed E-state index contributed by atoms with van der Waals surface area (Å²) in [5.41, 5.74) is -0.586. The van der Waals surface area contributed by atoms with E-state index in [1.807, 2.05) is 6.92 Å². The second kappa shape index (κ2) is 6.21. The Balaban J connectivity index is 2.14. The second-order valence-corrected chi connectivity index (χ2v) is 5.36. The van der Waals surface area contributed by atoms with Gasteiger partial charge in [0.1, 0.15) is 0 Å². The minimum Gasteiger partial charge on any atom is -0.467 e. The Morgan fingerprint density at radius 1 is 1.30 bits per heavy atom. The summed E-state index contributed by atoms with van der Waals surface area (Å²) in [6.07, 6.45) is 2.41. The molecule has 0 bridgehead atoms. The van der Waals surface area contributed by atoms with Gasteiger partial charge < -0.3 is 20.1 Å². The van der Waals surface area contributed by atoms with Crippen LogP contribution in [-0.4, -0.2) is 52.4 Å². The fourth-order valence-electron chi connectivity index (χ4n) is 2.08. The standard InChI is InChI=1S/C13H23N5O2/c1-4-7-14-10-15-11(17-12(16-10)20-3)18-8-5-13(2,19)6-9-18/h19H,4-9H2,1-3H3,(H,14,15,16,17). The lowest BCUT2D eigenvalue weighted by Gasteiger charge is -2.35. The first kappa shape index (κ1) is 14.8. The lowest BCUT2D eigenvalue weighted by atomic mass is 9.94. The fraction of sp³-hybridized carbons (Fsp3) is 0.769. The lowest BCUT2D eigenvalue weighted by molar-refractivity contribution is 0.0348. The van der Waals surface area contributed by atoms with Crippen LogP contribution >= 0.6 is 0 Å². The molecule has 1 saturated heterocycles. The number of nitrogens with one attached hydrogen (secondary N) is 1. The molecule has 7 heteroatoms. The average Bonchev–Trinajstić information content (AvgIpc) is 2.44. The van der Waals surface area contributed by atoms with E-state index in [1.165, 1.54) is 0 Å². The number of hydrogen-bond acceptors (Lipinski definition) is 7. The first-order valence-corrected chi connectivity index (χ1v) is 7.05. The van der Waals surface area contributed by atoms with Gasteiger partial charge in [-0.25, -0.2) is 0 Å². The van der Waals surface area contributed by atoms with Gasteiger partial charge in [0, 0.05) is 19.6 Å². The molecule has 1 aromatic heterocycles. The number of rotatable bonds is 5. The van der Waals surface area contributed by atoms with Crippen LogP contribution < -0.4 is 15.0 Å². The van der Waals surface area contributed by atoms with Gasteiger partial charge in [0.15, 0.2) is 0 Å². The largest absolute Gasteiger partial charge is 0.467 e. The van der Waals surface area contributed by atoms with Crippen LogP contribution in [0.15, 0.2) is 0 Å². The normalized spacial score (nSPS) is 17.9. The van der Waals surface area contributed by atoms with Gasteiger partial charge in [-0.1, -0.05) is 6.92 Å². The lowest BCUT2D eigenvalue weighted by Crippen LogP contribution is -2.43. The van der Waals surface area contributed by atoms with Crippen molar-refractivity contribution in [3.05, 3.63) is 0 Å². The van der Waals surface area contributed by atoms with Crippen LogP contribution in [0.2, 0.25) is 0 Å². The smallest absolute Gasteiger partial charge is 0.322 e. The first-order chi connectivity index (χ1) is 9.54. The SMILES string of the molecule is CCCNc1nc(OC)nc(N2CCC(C)(O)CC2)n1. The van der Waals surface area contributed by atoms with E-state index in [0.717, 1.165) is 26.1 Å². The van der Waals surface area contributed by atoms with E-state index >= 15 is 0 Å². The summed E-state index contributed by atoms with van der Waals surface area (Å²) in [5.74, 6) is 1.14. The van der Waals surface area contributed by atoms with Crippen LogP contribution in [0, 0.1) is 0 Å². The molecule has 0 unspecified atom stereocenters. The third-order valence-corrected chi connectivity index (χ3v) is 3.44. The molecule has 1 aromatic rings.